The molecule has 20 heavy (non-hydrogen) atoms. The van der Waals surface area contributed by atoms with E-state index in [1.807, 2.05) is 13.0 Å². The van der Waals surface area contributed by atoms with E-state index in [1.165, 1.54) is 7.11 Å². The Balaban J connectivity index is 2.28. The van der Waals surface area contributed by atoms with Crippen LogP contribution in [0.2, 0.25) is 0 Å². The first-order valence-corrected chi connectivity index (χ1v) is 6.52. The summed E-state index contributed by atoms with van der Waals surface area (Å²) in [6.45, 7) is 2.66. The van der Waals surface area contributed by atoms with Crippen LogP contribution in [-0.2, 0) is 0 Å². The summed E-state index contributed by atoms with van der Waals surface area (Å²) in [5.74, 6) is 0.981. The van der Waals surface area contributed by atoms with Crippen molar-refractivity contribution >= 4 is 5.78 Å². The van der Waals surface area contributed by atoms with E-state index >= 15 is 0 Å². The average Bonchev–Trinajstić information content (AvgIpc) is 2.52. The lowest BCUT2D eigenvalue weighted by Gasteiger charge is -2.08. The molecule has 0 radical (unpaired) electrons. The van der Waals surface area contributed by atoms with Gasteiger partial charge in [0, 0.05) is 11.8 Å². The molecule has 2 aromatic rings. The van der Waals surface area contributed by atoms with Gasteiger partial charge in [-0.1, -0.05) is 19.1 Å². The third-order valence-electron chi connectivity index (χ3n) is 2.77. The molecule has 0 atom stereocenters. The number of methoxy groups -OCH3 is 1. The molecule has 104 valence electrons. The topological polar surface area (TPSA) is 48.4 Å². The number of pyridine rings is 1. The van der Waals surface area contributed by atoms with Gasteiger partial charge in [-0.05, 0) is 30.7 Å². The summed E-state index contributed by atoms with van der Waals surface area (Å²) in [6, 6.07) is 10.6. The maximum atomic E-state index is 12.5. The number of hydrogen-bond donors (Lipinski definition) is 0. The Morgan fingerprint density at radius 3 is 2.85 bits per heavy atom. The monoisotopic (exact) mass is 271 g/mol. The van der Waals surface area contributed by atoms with E-state index in [0.717, 1.165) is 6.42 Å². The average molecular weight is 271 g/mol. The fourth-order valence-corrected chi connectivity index (χ4v) is 1.81. The van der Waals surface area contributed by atoms with Gasteiger partial charge >= 0.3 is 0 Å². The smallest absolute Gasteiger partial charge is 0.215 e. The van der Waals surface area contributed by atoms with Crippen LogP contribution in [0.1, 0.15) is 29.4 Å². The van der Waals surface area contributed by atoms with E-state index in [9.17, 15) is 4.79 Å². The van der Waals surface area contributed by atoms with Crippen LogP contribution in [0.25, 0.3) is 0 Å². The summed E-state index contributed by atoms with van der Waals surface area (Å²) in [5, 5.41) is 0. The molecule has 1 aromatic carbocycles. The molecule has 4 heteroatoms. The number of hydrogen-bond acceptors (Lipinski definition) is 4. The highest BCUT2D eigenvalue weighted by atomic mass is 16.5. The van der Waals surface area contributed by atoms with Crippen LogP contribution >= 0.6 is 0 Å². The number of aromatic nitrogens is 1. The Kier molecular flexibility index (Phi) is 4.71. The van der Waals surface area contributed by atoms with E-state index in [4.69, 9.17) is 9.47 Å². The molecule has 1 aromatic heterocycles. The second-order valence-corrected chi connectivity index (χ2v) is 4.26. The number of nitrogens with zero attached hydrogens (tertiary/aromatic N) is 1. The number of rotatable bonds is 6. The van der Waals surface area contributed by atoms with Crippen molar-refractivity contribution in [2.75, 3.05) is 13.7 Å². The molecule has 0 spiro atoms. The molecule has 0 fully saturated rings. The third-order valence-corrected chi connectivity index (χ3v) is 2.77. The summed E-state index contributed by atoms with van der Waals surface area (Å²) < 4.78 is 10.7. The third kappa shape index (κ3) is 3.15. The zero-order valence-corrected chi connectivity index (χ0v) is 11.6. The lowest BCUT2D eigenvalue weighted by Crippen LogP contribution is -2.07. The van der Waals surface area contributed by atoms with Gasteiger partial charge in [0.2, 0.25) is 5.78 Å². The fraction of sp³-hybridized carbons (Fsp3) is 0.250. The highest BCUT2D eigenvalue weighted by molar-refractivity contribution is 6.09. The molecule has 2 rings (SSSR count). The summed E-state index contributed by atoms with van der Waals surface area (Å²) >= 11 is 0. The first kappa shape index (κ1) is 14.1. The highest BCUT2D eigenvalue weighted by Crippen LogP contribution is 2.21. The van der Waals surface area contributed by atoms with Gasteiger partial charge in [-0.2, -0.15) is 0 Å². The minimum absolute atomic E-state index is 0.176. The molecular weight excluding hydrogens is 254 g/mol. The molecule has 0 saturated heterocycles. The summed E-state index contributed by atoms with van der Waals surface area (Å²) in [6.07, 6.45) is 2.50. The van der Waals surface area contributed by atoms with Crippen molar-refractivity contribution in [3.63, 3.8) is 0 Å². The Morgan fingerprint density at radius 1 is 1.25 bits per heavy atom. The van der Waals surface area contributed by atoms with Crippen molar-refractivity contribution in [2.24, 2.45) is 0 Å². The van der Waals surface area contributed by atoms with Crippen molar-refractivity contribution in [1.82, 2.24) is 4.98 Å². The van der Waals surface area contributed by atoms with Crippen LogP contribution in [0.15, 0.2) is 42.6 Å². The molecule has 0 bridgehead atoms. The van der Waals surface area contributed by atoms with Crippen molar-refractivity contribution < 1.29 is 14.3 Å². The Morgan fingerprint density at radius 2 is 2.10 bits per heavy atom. The standard InChI is InChI=1S/C16H17NO3/c1-3-10-20-13-7-4-6-12(11-13)16(18)15-14(19-2)8-5-9-17-15/h4-9,11H,3,10H2,1-2H3. The van der Waals surface area contributed by atoms with Crippen molar-refractivity contribution in [3.05, 3.63) is 53.9 Å². The number of benzene rings is 1. The SMILES string of the molecule is CCCOc1cccc(C(=O)c2ncccc2OC)c1. The second kappa shape index (κ2) is 6.70. The van der Waals surface area contributed by atoms with Gasteiger partial charge in [-0.25, -0.2) is 4.98 Å². The highest BCUT2D eigenvalue weighted by Gasteiger charge is 2.16. The first-order chi connectivity index (χ1) is 9.76. The number of ketones is 1. The lowest BCUT2D eigenvalue weighted by molar-refractivity contribution is 0.103. The number of ether oxygens (including phenoxy) is 2. The van der Waals surface area contributed by atoms with Gasteiger partial charge in [-0.3, -0.25) is 4.79 Å². The van der Waals surface area contributed by atoms with E-state index in [1.54, 1.807) is 36.5 Å². The van der Waals surface area contributed by atoms with Gasteiger partial charge in [0.1, 0.15) is 11.5 Å². The van der Waals surface area contributed by atoms with E-state index in [2.05, 4.69) is 4.98 Å². The van der Waals surface area contributed by atoms with Crippen molar-refractivity contribution in [2.45, 2.75) is 13.3 Å². The first-order valence-electron chi connectivity index (χ1n) is 6.52. The van der Waals surface area contributed by atoms with Crippen LogP contribution in [0.3, 0.4) is 0 Å². The van der Waals surface area contributed by atoms with Gasteiger partial charge < -0.3 is 9.47 Å². The molecule has 0 aliphatic carbocycles. The second-order valence-electron chi connectivity index (χ2n) is 4.26. The summed E-state index contributed by atoms with van der Waals surface area (Å²) in [4.78, 5) is 16.6. The van der Waals surface area contributed by atoms with Gasteiger partial charge in [0.15, 0.2) is 5.69 Å². The summed E-state index contributed by atoms with van der Waals surface area (Å²) in [7, 11) is 1.52. The fourth-order valence-electron chi connectivity index (χ4n) is 1.81. The Hall–Kier alpha value is -2.36. The van der Waals surface area contributed by atoms with E-state index in [0.29, 0.717) is 29.4 Å². The quantitative estimate of drug-likeness (QED) is 0.757. The predicted molar refractivity (Wildman–Crippen MR) is 76.4 cm³/mol. The molecule has 1 heterocycles. The molecule has 0 aliphatic heterocycles. The van der Waals surface area contributed by atoms with Crippen LogP contribution < -0.4 is 9.47 Å². The van der Waals surface area contributed by atoms with Crippen molar-refractivity contribution in [3.8, 4) is 11.5 Å². The predicted octanol–water partition coefficient (Wildman–Crippen LogP) is 3.11. The largest absolute Gasteiger partial charge is 0.494 e. The van der Waals surface area contributed by atoms with Crippen LogP contribution in [-0.4, -0.2) is 24.5 Å². The lowest BCUT2D eigenvalue weighted by atomic mass is 10.1. The molecular formula is C16H17NO3. The normalized spacial score (nSPS) is 10.1. The van der Waals surface area contributed by atoms with Crippen LogP contribution in [0.4, 0.5) is 0 Å². The molecule has 0 aliphatic rings. The molecule has 4 nitrogen and oxygen atoms in total. The number of carbonyl (C=O) groups is 1. The van der Waals surface area contributed by atoms with E-state index in [-0.39, 0.29) is 5.78 Å². The van der Waals surface area contributed by atoms with Crippen molar-refractivity contribution in [1.29, 1.82) is 0 Å². The molecule has 0 unspecified atom stereocenters. The summed E-state index contributed by atoms with van der Waals surface area (Å²) in [5.41, 5.74) is 0.846. The maximum absolute atomic E-state index is 12.5. The van der Waals surface area contributed by atoms with Crippen LogP contribution in [0.5, 0.6) is 11.5 Å². The Bertz CT molecular complexity index is 596. The molecule has 0 N–H and O–H groups in total. The zero-order valence-electron chi connectivity index (χ0n) is 11.6. The molecule has 0 saturated carbocycles. The van der Waals surface area contributed by atoms with Gasteiger partial charge in [0.05, 0.1) is 13.7 Å². The molecule has 0 amide bonds. The van der Waals surface area contributed by atoms with Gasteiger partial charge in [-0.15, -0.1) is 0 Å². The minimum atomic E-state index is -0.176. The minimum Gasteiger partial charge on any atom is -0.494 e. The Labute approximate surface area is 118 Å². The van der Waals surface area contributed by atoms with Gasteiger partial charge in [0.25, 0.3) is 0 Å². The van der Waals surface area contributed by atoms with Crippen LogP contribution in [0, 0.1) is 0 Å². The maximum Gasteiger partial charge on any atom is 0.215 e. The number of carbonyl (C=O) groups excluding carboxylic acids is 1. The zero-order chi connectivity index (χ0) is 14.4. The van der Waals surface area contributed by atoms with E-state index < -0.39 is 0 Å².